The summed E-state index contributed by atoms with van der Waals surface area (Å²) in [5.41, 5.74) is 4.89. The van der Waals surface area contributed by atoms with Crippen molar-refractivity contribution in [2.45, 2.75) is 57.5 Å². The van der Waals surface area contributed by atoms with E-state index in [2.05, 4.69) is 10.6 Å². The van der Waals surface area contributed by atoms with E-state index in [4.69, 9.17) is 5.73 Å². The Balaban J connectivity index is 2.33. The standard InChI is InChI=1S/C11H21N3O2/c1-8(10(15)14-11(12)16)13-9-6-4-2-3-5-7-9/h8-9,13H,2-7H2,1H3,(H3,12,14,15,16). The van der Waals surface area contributed by atoms with E-state index in [1.807, 2.05) is 0 Å². The maximum Gasteiger partial charge on any atom is 0.318 e. The SMILES string of the molecule is CC(NC1CCCCCC1)C(=O)NC(N)=O. The van der Waals surface area contributed by atoms with Crippen molar-refractivity contribution in [2.24, 2.45) is 5.73 Å². The maximum absolute atomic E-state index is 11.4. The Morgan fingerprint density at radius 2 is 1.75 bits per heavy atom. The molecule has 5 heteroatoms. The molecule has 1 rings (SSSR count). The average Bonchev–Trinajstić information content (AvgIpc) is 2.45. The van der Waals surface area contributed by atoms with Gasteiger partial charge in [-0.25, -0.2) is 4.79 Å². The van der Waals surface area contributed by atoms with Crippen molar-refractivity contribution in [1.82, 2.24) is 10.6 Å². The molecule has 0 radical (unpaired) electrons. The Bertz CT molecular complexity index is 248. The monoisotopic (exact) mass is 227 g/mol. The number of hydrogen-bond donors (Lipinski definition) is 3. The third-order valence-electron chi connectivity index (χ3n) is 2.98. The molecule has 0 aromatic heterocycles. The van der Waals surface area contributed by atoms with Crippen LogP contribution in [0.4, 0.5) is 4.79 Å². The number of nitrogens with one attached hydrogen (secondary N) is 2. The van der Waals surface area contributed by atoms with Gasteiger partial charge in [-0.05, 0) is 19.8 Å². The van der Waals surface area contributed by atoms with E-state index >= 15 is 0 Å². The van der Waals surface area contributed by atoms with Gasteiger partial charge < -0.3 is 11.1 Å². The summed E-state index contributed by atoms with van der Waals surface area (Å²) in [6, 6.07) is -0.772. The molecule has 1 aliphatic rings. The molecule has 0 aromatic rings. The Hall–Kier alpha value is -1.10. The third-order valence-corrected chi connectivity index (χ3v) is 2.98. The molecule has 0 saturated heterocycles. The smallest absolute Gasteiger partial charge is 0.318 e. The second kappa shape index (κ2) is 6.48. The zero-order chi connectivity index (χ0) is 12.0. The first-order chi connectivity index (χ1) is 7.59. The van der Waals surface area contributed by atoms with Crippen LogP contribution in [0.5, 0.6) is 0 Å². The fourth-order valence-electron chi connectivity index (χ4n) is 2.10. The summed E-state index contributed by atoms with van der Waals surface area (Å²) in [5, 5.41) is 5.33. The lowest BCUT2D eigenvalue weighted by atomic mass is 10.1. The number of amides is 3. The lowest BCUT2D eigenvalue weighted by Gasteiger charge is -2.20. The van der Waals surface area contributed by atoms with Gasteiger partial charge in [0.1, 0.15) is 0 Å². The van der Waals surface area contributed by atoms with E-state index < -0.39 is 6.03 Å². The Morgan fingerprint density at radius 1 is 1.19 bits per heavy atom. The molecule has 0 spiro atoms. The summed E-state index contributed by atoms with van der Waals surface area (Å²) in [4.78, 5) is 22.0. The number of hydrogen-bond acceptors (Lipinski definition) is 3. The van der Waals surface area contributed by atoms with Crippen molar-refractivity contribution in [2.75, 3.05) is 0 Å². The van der Waals surface area contributed by atoms with Crippen molar-refractivity contribution < 1.29 is 9.59 Å². The molecule has 0 aliphatic heterocycles. The van der Waals surface area contributed by atoms with Gasteiger partial charge in [0.05, 0.1) is 6.04 Å². The van der Waals surface area contributed by atoms with Crippen molar-refractivity contribution in [3.8, 4) is 0 Å². The number of primary amides is 1. The molecule has 4 N–H and O–H groups in total. The second-order valence-electron chi connectivity index (χ2n) is 4.43. The first kappa shape index (κ1) is 13.0. The fourth-order valence-corrected chi connectivity index (χ4v) is 2.10. The third kappa shape index (κ3) is 4.61. The molecule has 0 heterocycles. The van der Waals surface area contributed by atoms with Gasteiger partial charge in [0.15, 0.2) is 0 Å². The zero-order valence-electron chi connectivity index (χ0n) is 9.79. The summed E-state index contributed by atoms with van der Waals surface area (Å²) in [5.74, 6) is -0.350. The highest BCUT2D eigenvalue weighted by atomic mass is 16.2. The molecule has 1 unspecified atom stereocenters. The summed E-state index contributed by atoms with van der Waals surface area (Å²) >= 11 is 0. The zero-order valence-corrected chi connectivity index (χ0v) is 9.79. The summed E-state index contributed by atoms with van der Waals surface area (Å²) < 4.78 is 0. The van der Waals surface area contributed by atoms with E-state index in [1.54, 1.807) is 6.92 Å². The molecule has 5 nitrogen and oxygen atoms in total. The minimum Gasteiger partial charge on any atom is -0.351 e. The van der Waals surface area contributed by atoms with Gasteiger partial charge in [0.25, 0.3) is 0 Å². The van der Waals surface area contributed by atoms with E-state index in [9.17, 15) is 9.59 Å². The van der Waals surface area contributed by atoms with Crippen LogP contribution >= 0.6 is 0 Å². The summed E-state index contributed by atoms with van der Waals surface area (Å²) in [6.45, 7) is 1.75. The highest BCUT2D eigenvalue weighted by molar-refractivity contribution is 5.96. The fraction of sp³-hybridized carbons (Fsp3) is 0.818. The molecule has 1 aliphatic carbocycles. The van der Waals surface area contributed by atoms with Crippen molar-refractivity contribution in [1.29, 1.82) is 0 Å². The molecule has 1 atom stereocenters. The Kier molecular flexibility index (Phi) is 5.25. The van der Waals surface area contributed by atoms with Gasteiger partial charge in [0.2, 0.25) is 5.91 Å². The average molecular weight is 227 g/mol. The van der Waals surface area contributed by atoms with Crippen LogP contribution in [-0.2, 0) is 4.79 Å². The Labute approximate surface area is 96.1 Å². The largest absolute Gasteiger partial charge is 0.351 e. The van der Waals surface area contributed by atoms with Crippen LogP contribution in [0.1, 0.15) is 45.4 Å². The van der Waals surface area contributed by atoms with Crippen LogP contribution in [0, 0.1) is 0 Å². The number of carbonyl (C=O) groups is 2. The van der Waals surface area contributed by atoms with Crippen molar-refractivity contribution in [3.05, 3.63) is 0 Å². The van der Waals surface area contributed by atoms with Gasteiger partial charge in [0, 0.05) is 6.04 Å². The molecule has 1 saturated carbocycles. The van der Waals surface area contributed by atoms with Crippen LogP contribution in [0.25, 0.3) is 0 Å². The van der Waals surface area contributed by atoms with Gasteiger partial charge in [-0.3, -0.25) is 10.1 Å². The second-order valence-corrected chi connectivity index (χ2v) is 4.43. The quantitative estimate of drug-likeness (QED) is 0.626. The lowest BCUT2D eigenvalue weighted by molar-refractivity contribution is -0.121. The van der Waals surface area contributed by atoms with Crippen LogP contribution in [0.3, 0.4) is 0 Å². The first-order valence-corrected chi connectivity index (χ1v) is 5.96. The van der Waals surface area contributed by atoms with E-state index in [0.717, 1.165) is 12.8 Å². The van der Waals surface area contributed by atoms with Gasteiger partial charge in [-0.15, -0.1) is 0 Å². The van der Waals surface area contributed by atoms with Crippen molar-refractivity contribution >= 4 is 11.9 Å². The molecule has 16 heavy (non-hydrogen) atoms. The highest BCUT2D eigenvalue weighted by Gasteiger charge is 2.19. The van der Waals surface area contributed by atoms with Crippen LogP contribution < -0.4 is 16.4 Å². The van der Waals surface area contributed by atoms with Crippen LogP contribution in [-0.4, -0.2) is 24.0 Å². The molecule has 92 valence electrons. The number of urea groups is 1. The van der Waals surface area contributed by atoms with Crippen LogP contribution in [0.2, 0.25) is 0 Å². The number of carbonyl (C=O) groups excluding carboxylic acids is 2. The number of nitrogens with two attached hydrogens (primary N) is 1. The molecule has 1 fully saturated rings. The van der Waals surface area contributed by atoms with Gasteiger partial charge >= 0.3 is 6.03 Å². The minimum atomic E-state index is -0.792. The topological polar surface area (TPSA) is 84.2 Å². The van der Waals surface area contributed by atoms with E-state index in [1.165, 1.54) is 25.7 Å². The first-order valence-electron chi connectivity index (χ1n) is 5.96. The molecular formula is C11H21N3O2. The maximum atomic E-state index is 11.4. The summed E-state index contributed by atoms with van der Waals surface area (Å²) in [6.07, 6.45) is 7.19. The summed E-state index contributed by atoms with van der Waals surface area (Å²) in [7, 11) is 0. The van der Waals surface area contributed by atoms with Gasteiger partial charge in [-0.1, -0.05) is 25.7 Å². The molecule has 0 aromatic carbocycles. The normalized spacial score (nSPS) is 19.8. The highest BCUT2D eigenvalue weighted by Crippen LogP contribution is 2.17. The van der Waals surface area contributed by atoms with E-state index in [0.29, 0.717) is 6.04 Å². The number of rotatable bonds is 3. The predicted octanol–water partition coefficient (Wildman–Crippen LogP) is 0.882. The molecule has 0 bridgehead atoms. The Morgan fingerprint density at radius 3 is 2.25 bits per heavy atom. The van der Waals surface area contributed by atoms with Crippen molar-refractivity contribution in [3.63, 3.8) is 0 Å². The van der Waals surface area contributed by atoms with Crippen LogP contribution in [0.15, 0.2) is 0 Å². The minimum absolute atomic E-state index is 0.350. The van der Waals surface area contributed by atoms with E-state index in [-0.39, 0.29) is 11.9 Å². The lowest BCUT2D eigenvalue weighted by Crippen LogP contribution is -2.49. The number of imide groups is 1. The van der Waals surface area contributed by atoms with Gasteiger partial charge in [-0.2, -0.15) is 0 Å². The predicted molar refractivity (Wildman–Crippen MR) is 61.8 cm³/mol. The molecular weight excluding hydrogens is 206 g/mol. The molecule has 3 amide bonds.